The lowest BCUT2D eigenvalue weighted by molar-refractivity contribution is 0.126. The maximum Gasteiger partial charge on any atom is 0.152 e. The van der Waals surface area contributed by atoms with Crippen molar-refractivity contribution >= 4 is 11.3 Å². The summed E-state index contributed by atoms with van der Waals surface area (Å²) in [6.45, 7) is 9.77. The number of nitrogens with one attached hydrogen (secondary N) is 1. The van der Waals surface area contributed by atoms with E-state index in [4.69, 9.17) is 4.74 Å². The first-order valence-corrected chi connectivity index (χ1v) is 6.77. The molecule has 0 saturated heterocycles. The molecule has 2 rings (SSSR count). The van der Waals surface area contributed by atoms with Crippen LogP contribution in [0.2, 0.25) is 0 Å². The van der Waals surface area contributed by atoms with E-state index in [0.717, 1.165) is 23.6 Å². The number of nitrogens with zero attached hydrogens (tertiary/aromatic N) is 3. The van der Waals surface area contributed by atoms with Gasteiger partial charge < -0.3 is 10.1 Å². The fraction of sp³-hybridized carbons (Fsp3) is 0.571. The molecule has 0 fully saturated rings. The Labute approximate surface area is 114 Å². The average molecular weight is 262 g/mol. The monoisotopic (exact) mass is 262 g/mol. The highest BCUT2D eigenvalue weighted by Crippen LogP contribution is 2.17. The molecule has 0 aliphatic heterocycles. The molecular weight excluding hydrogens is 240 g/mol. The van der Waals surface area contributed by atoms with Crippen molar-refractivity contribution < 1.29 is 4.74 Å². The van der Waals surface area contributed by atoms with Gasteiger partial charge in [-0.2, -0.15) is 5.10 Å². The van der Waals surface area contributed by atoms with Crippen molar-refractivity contribution in [3.8, 4) is 0 Å². The number of hydrogen-bond donors (Lipinski definition) is 1. The van der Waals surface area contributed by atoms with Gasteiger partial charge in [-0.1, -0.05) is 13.8 Å². The summed E-state index contributed by atoms with van der Waals surface area (Å²) in [7, 11) is 0. The first-order valence-electron chi connectivity index (χ1n) is 6.77. The molecule has 5 heteroatoms. The van der Waals surface area contributed by atoms with E-state index in [1.165, 1.54) is 0 Å². The number of fused-ring (bicyclic) bond motifs is 1. The highest BCUT2D eigenvalue weighted by Gasteiger charge is 2.15. The molecule has 19 heavy (non-hydrogen) atoms. The second-order valence-corrected chi connectivity index (χ2v) is 5.05. The number of aryl methyl sites for hydroxylation is 1. The topological polar surface area (TPSA) is 51.5 Å². The summed E-state index contributed by atoms with van der Waals surface area (Å²) < 4.78 is 7.38. The van der Waals surface area contributed by atoms with Gasteiger partial charge in [-0.25, -0.2) is 9.50 Å². The average Bonchev–Trinajstić information content (AvgIpc) is 2.75. The van der Waals surface area contributed by atoms with E-state index < -0.39 is 0 Å². The molecular formula is C14H22N4O. The number of ether oxygens (including phenoxy) is 1. The summed E-state index contributed by atoms with van der Waals surface area (Å²) in [6.07, 6.45) is 3.63. The molecule has 0 saturated carbocycles. The van der Waals surface area contributed by atoms with Crippen LogP contribution in [0.25, 0.3) is 5.52 Å². The summed E-state index contributed by atoms with van der Waals surface area (Å²) in [5.74, 6) is 1.33. The molecule has 104 valence electrons. The van der Waals surface area contributed by atoms with Gasteiger partial charge in [-0.15, -0.1) is 0 Å². The van der Waals surface area contributed by atoms with Gasteiger partial charge in [-0.3, -0.25) is 0 Å². The minimum absolute atomic E-state index is 0.244. The maximum absolute atomic E-state index is 5.53. The van der Waals surface area contributed by atoms with E-state index in [1.807, 2.05) is 30.6 Å². The Hall–Kier alpha value is -1.62. The number of aromatic nitrogens is 3. The number of anilines is 1. The predicted molar refractivity (Wildman–Crippen MR) is 76.5 cm³/mol. The molecule has 5 nitrogen and oxygen atoms in total. The Bertz CT molecular complexity index is 535. The molecule has 2 aromatic rings. The van der Waals surface area contributed by atoms with Crippen molar-refractivity contribution in [2.45, 2.75) is 33.7 Å². The van der Waals surface area contributed by atoms with Crippen LogP contribution in [0.15, 0.2) is 18.5 Å². The van der Waals surface area contributed by atoms with Crippen LogP contribution in [0, 0.1) is 12.8 Å². The summed E-state index contributed by atoms with van der Waals surface area (Å²) in [6, 6.07) is 2.28. The zero-order valence-electron chi connectivity index (χ0n) is 12.1. The van der Waals surface area contributed by atoms with Crippen molar-refractivity contribution in [1.29, 1.82) is 0 Å². The van der Waals surface area contributed by atoms with Crippen LogP contribution in [0.4, 0.5) is 5.82 Å². The van der Waals surface area contributed by atoms with Gasteiger partial charge in [0.15, 0.2) is 5.82 Å². The molecule has 1 N–H and O–H groups in total. The largest absolute Gasteiger partial charge is 0.380 e. The van der Waals surface area contributed by atoms with Gasteiger partial charge in [0, 0.05) is 19.0 Å². The Morgan fingerprint density at radius 1 is 1.42 bits per heavy atom. The lowest BCUT2D eigenvalue weighted by atomic mass is 10.1. The molecule has 1 atom stereocenters. The fourth-order valence-electron chi connectivity index (χ4n) is 1.98. The number of rotatable bonds is 6. The second-order valence-electron chi connectivity index (χ2n) is 5.05. The van der Waals surface area contributed by atoms with Crippen LogP contribution < -0.4 is 5.32 Å². The van der Waals surface area contributed by atoms with Crippen molar-refractivity contribution in [1.82, 2.24) is 14.6 Å². The standard InChI is InChI=1S/C14H22N4O/c1-5-19-9-12(10(2)3)16-14-13-8-11(4)17-18(13)7-6-15-14/h6-8,10,12H,5,9H2,1-4H3,(H,15,16). The van der Waals surface area contributed by atoms with Crippen LogP contribution in [0.1, 0.15) is 26.5 Å². The first-order chi connectivity index (χ1) is 9.11. The van der Waals surface area contributed by atoms with E-state index >= 15 is 0 Å². The Balaban J connectivity index is 2.23. The van der Waals surface area contributed by atoms with Gasteiger partial charge in [-0.05, 0) is 25.8 Å². The van der Waals surface area contributed by atoms with Gasteiger partial charge in [0.25, 0.3) is 0 Å². The molecule has 1 unspecified atom stereocenters. The van der Waals surface area contributed by atoms with Crippen LogP contribution in [-0.4, -0.2) is 33.9 Å². The minimum atomic E-state index is 0.244. The van der Waals surface area contributed by atoms with E-state index in [2.05, 4.69) is 29.2 Å². The first kappa shape index (κ1) is 13.8. The molecule has 2 heterocycles. The third kappa shape index (κ3) is 3.23. The third-order valence-corrected chi connectivity index (χ3v) is 3.14. The molecule has 0 aliphatic carbocycles. The molecule has 0 aromatic carbocycles. The molecule has 0 spiro atoms. The predicted octanol–water partition coefficient (Wildman–Crippen LogP) is 2.51. The summed E-state index contributed by atoms with van der Waals surface area (Å²) in [5, 5.41) is 7.87. The Kier molecular flexibility index (Phi) is 4.37. The maximum atomic E-state index is 5.53. The summed E-state index contributed by atoms with van der Waals surface area (Å²) in [5.41, 5.74) is 1.99. The zero-order valence-corrected chi connectivity index (χ0v) is 12.1. The summed E-state index contributed by atoms with van der Waals surface area (Å²) >= 11 is 0. The Morgan fingerprint density at radius 3 is 2.89 bits per heavy atom. The normalized spacial score (nSPS) is 13.1. The smallest absolute Gasteiger partial charge is 0.152 e. The molecule has 0 bridgehead atoms. The van der Waals surface area contributed by atoms with E-state index in [-0.39, 0.29) is 6.04 Å². The minimum Gasteiger partial charge on any atom is -0.380 e. The van der Waals surface area contributed by atoms with Crippen molar-refractivity contribution in [2.24, 2.45) is 5.92 Å². The third-order valence-electron chi connectivity index (χ3n) is 3.14. The van der Waals surface area contributed by atoms with Crippen molar-refractivity contribution in [3.05, 3.63) is 24.2 Å². The lowest BCUT2D eigenvalue weighted by Gasteiger charge is -2.22. The zero-order chi connectivity index (χ0) is 13.8. The van der Waals surface area contributed by atoms with Crippen LogP contribution in [0.5, 0.6) is 0 Å². The van der Waals surface area contributed by atoms with Gasteiger partial charge in [0.2, 0.25) is 0 Å². The highest BCUT2D eigenvalue weighted by atomic mass is 16.5. The van der Waals surface area contributed by atoms with E-state index in [0.29, 0.717) is 12.5 Å². The van der Waals surface area contributed by atoms with E-state index in [9.17, 15) is 0 Å². The molecule has 0 radical (unpaired) electrons. The molecule has 0 amide bonds. The molecule has 0 aliphatic rings. The van der Waals surface area contributed by atoms with Crippen LogP contribution in [-0.2, 0) is 4.74 Å². The van der Waals surface area contributed by atoms with Crippen LogP contribution in [0.3, 0.4) is 0 Å². The quantitative estimate of drug-likeness (QED) is 0.869. The van der Waals surface area contributed by atoms with Gasteiger partial charge in [0.1, 0.15) is 5.52 Å². The second kappa shape index (κ2) is 6.02. The summed E-state index contributed by atoms with van der Waals surface area (Å²) in [4.78, 5) is 4.42. The lowest BCUT2D eigenvalue weighted by Crippen LogP contribution is -2.31. The van der Waals surface area contributed by atoms with Crippen LogP contribution >= 0.6 is 0 Å². The van der Waals surface area contributed by atoms with Crippen molar-refractivity contribution in [3.63, 3.8) is 0 Å². The van der Waals surface area contributed by atoms with Crippen molar-refractivity contribution in [2.75, 3.05) is 18.5 Å². The highest BCUT2D eigenvalue weighted by molar-refractivity contribution is 5.68. The van der Waals surface area contributed by atoms with Gasteiger partial charge >= 0.3 is 0 Å². The fourth-order valence-corrected chi connectivity index (χ4v) is 1.98. The SMILES string of the molecule is CCOCC(Nc1nccn2nc(C)cc12)C(C)C. The van der Waals surface area contributed by atoms with E-state index in [1.54, 1.807) is 6.20 Å². The molecule has 2 aromatic heterocycles. The Morgan fingerprint density at radius 2 is 2.21 bits per heavy atom. The van der Waals surface area contributed by atoms with Gasteiger partial charge in [0.05, 0.1) is 18.3 Å². The number of hydrogen-bond acceptors (Lipinski definition) is 4.